The molecule has 0 saturated heterocycles. The van der Waals surface area contributed by atoms with Crippen molar-refractivity contribution in [1.29, 1.82) is 0 Å². The van der Waals surface area contributed by atoms with E-state index in [1.807, 2.05) is 0 Å². The predicted octanol–water partition coefficient (Wildman–Crippen LogP) is 1.35. The van der Waals surface area contributed by atoms with Gasteiger partial charge in [-0.3, -0.25) is 9.36 Å². The number of methoxy groups -OCH3 is 1. The quantitative estimate of drug-likeness (QED) is 0.922. The van der Waals surface area contributed by atoms with Gasteiger partial charge in [0.15, 0.2) is 0 Å². The van der Waals surface area contributed by atoms with Gasteiger partial charge in [-0.1, -0.05) is 0 Å². The molecule has 1 N–H and O–H groups in total. The first-order valence-corrected chi connectivity index (χ1v) is 7.41. The molecular weight excluding hydrogens is 282 g/mol. The average molecular weight is 301 g/mol. The van der Waals surface area contributed by atoms with Crippen LogP contribution in [0.25, 0.3) is 5.95 Å². The minimum Gasteiger partial charge on any atom is -0.381 e. The van der Waals surface area contributed by atoms with E-state index in [1.54, 1.807) is 42.7 Å². The number of amides is 1. The maximum absolute atomic E-state index is 12.3. The van der Waals surface area contributed by atoms with Crippen molar-refractivity contribution in [1.82, 2.24) is 24.8 Å². The number of rotatable bonds is 4. The lowest BCUT2D eigenvalue weighted by Gasteiger charge is -2.28. The molecule has 7 heteroatoms. The van der Waals surface area contributed by atoms with Gasteiger partial charge in [0.25, 0.3) is 5.91 Å². The highest BCUT2D eigenvalue weighted by atomic mass is 16.5. The summed E-state index contributed by atoms with van der Waals surface area (Å²) >= 11 is 0. The van der Waals surface area contributed by atoms with Crippen LogP contribution in [0.5, 0.6) is 0 Å². The number of carbonyl (C=O) groups excluding carboxylic acids is 1. The standard InChI is InChI=1S/C15H19N5O2/c1-22-12-4-2-11(3-5-12)18-14(21)13-6-7-17-15(19-13)20-9-8-16-10-20/h6-12H,2-5H2,1H3,(H,18,21)/t11-,12-. The van der Waals surface area contributed by atoms with Crippen molar-refractivity contribution in [3.05, 3.63) is 36.7 Å². The van der Waals surface area contributed by atoms with Crippen molar-refractivity contribution in [3.63, 3.8) is 0 Å². The molecule has 1 aliphatic carbocycles. The molecule has 22 heavy (non-hydrogen) atoms. The van der Waals surface area contributed by atoms with E-state index in [0.717, 1.165) is 25.7 Å². The van der Waals surface area contributed by atoms with E-state index in [2.05, 4.69) is 20.3 Å². The topological polar surface area (TPSA) is 81.9 Å². The Labute approximate surface area is 128 Å². The van der Waals surface area contributed by atoms with Gasteiger partial charge < -0.3 is 10.1 Å². The molecule has 0 aromatic carbocycles. The van der Waals surface area contributed by atoms with Crippen LogP contribution in [0.15, 0.2) is 31.0 Å². The number of imidazole rings is 1. The maximum Gasteiger partial charge on any atom is 0.270 e. The van der Waals surface area contributed by atoms with Crippen LogP contribution in [-0.2, 0) is 4.74 Å². The summed E-state index contributed by atoms with van der Waals surface area (Å²) in [7, 11) is 1.74. The van der Waals surface area contributed by atoms with Crippen LogP contribution in [0.1, 0.15) is 36.2 Å². The molecule has 2 aromatic rings. The van der Waals surface area contributed by atoms with E-state index in [0.29, 0.717) is 17.7 Å². The average Bonchev–Trinajstić information content (AvgIpc) is 3.10. The molecule has 2 heterocycles. The monoisotopic (exact) mass is 301 g/mol. The molecule has 0 aliphatic heterocycles. The summed E-state index contributed by atoms with van der Waals surface area (Å²) in [5.74, 6) is 0.276. The van der Waals surface area contributed by atoms with Crippen molar-refractivity contribution in [2.24, 2.45) is 0 Å². The smallest absolute Gasteiger partial charge is 0.270 e. The fourth-order valence-corrected chi connectivity index (χ4v) is 2.68. The van der Waals surface area contributed by atoms with Crippen LogP contribution in [0.3, 0.4) is 0 Å². The van der Waals surface area contributed by atoms with E-state index in [4.69, 9.17) is 4.74 Å². The molecule has 1 fully saturated rings. The van der Waals surface area contributed by atoms with Crippen LogP contribution in [0.4, 0.5) is 0 Å². The molecule has 0 radical (unpaired) electrons. The Morgan fingerprint density at radius 2 is 2.14 bits per heavy atom. The third-order valence-corrected chi connectivity index (χ3v) is 3.95. The highest BCUT2D eigenvalue weighted by Gasteiger charge is 2.23. The Balaban J connectivity index is 1.64. The van der Waals surface area contributed by atoms with Gasteiger partial charge in [0, 0.05) is 31.7 Å². The first kappa shape index (κ1) is 14.6. The number of hydrogen-bond donors (Lipinski definition) is 1. The lowest BCUT2D eigenvalue weighted by molar-refractivity contribution is 0.0598. The minimum atomic E-state index is -0.162. The van der Waals surface area contributed by atoms with Crippen LogP contribution < -0.4 is 5.32 Å². The zero-order chi connectivity index (χ0) is 15.4. The zero-order valence-electron chi connectivity index (χ0n) is 12.5. The highest BCUT2D eigenvalue weighted by molar-refractivity contribution is 5.92. The molecular formula is C15H19N5O2. The Morgan fingerprint density at radius 1 is 1.32 bits per heavy atom. The fourth-order valence-electron chi connectivity index (χ4n) is 2.68. The van der Waals surface area contributed by atoms with Crippen LogP contribution in [0, 0.1) is 0 Å². The fraction of sp³-hybridized carbons (Fsp3) is 0.467. The Morgan fingerprint density at radius 3 is 2.82 bits per heavy atom. The lowest BCUT2D eigenvalue weighted by Crippen LogP contribution is -2.39. The summed E-state index contributed by atoms with van der Waals surface area (Å²) in [6, 6.07) is 1.81. The third-order valence-electron chi connectivity index (χ3n) is 3.95. The van der Waals surface area contributed by atoms with E-state index in [1.165, 1.54) is 0 Å². The molecule has 1 aliphatic rings. The van der Waals surface area contributed by atoms with Gasteiger partial charge in [-0.15, -0.1) is 0 Å². The Hall–Kier alpha value is -2.28. The number of hydrogen-bond acceptors (Lipinski definition) is 5. The maximum atomic E-state index is 12.3. The summed E-state index contributed by atoms with van der Waals surface area (Å²) < 4.78 is 7.01. The summed E-state index contributed by atoms with van der Waals surface area (Å²) in [5.41, 5.74) is 0.368. The van der Waals surface area contributed by atoms with Gasteiger partial charge in [0.05, 0.1) is 6.10 Å². The third kappa shape index (κ3) is 3.30. The van der Waals surface area contributed by atoms with E-state index in [-0.39, 0.29) is 11.9 Å². The van der Waals surface area contributed by atoms with Gasteiger partial charge >= 0.3 is 0 Å². The Bertz CT molecular complexity index is 621. The summed E-state index contributed by atoms with van der Waals surface area (Å²) in [6.07, 6.45) is 10.7. The largest absolute Gasteiger partial charge is 0.381 e. The second-order valence-corrected chi connectivity index (χ2v) is 5.39. The van der Waals surface area contributed by atoms with E-state index < -0.39 is 0 Å². The van der Waals surface area contributed by atoms with Gasteiger partial charge in [0.2, 0.25) is 5.95 Å². The molecule has 116 valence electrons. The molecule has 2 aromatic heterocycles. The number of nitrogens with zero attached hydrogens (tertiary/aromatic N) is 4. The summed E-state index contributed by atoms with van der Waals surface area (Å²) in [6.45, 7) is 0. The SMILES string of the molecule is CO[C@H]1CC[C@H](NC(=O)c2ccnc(-n3ccnc3)n2)CC1. The van der Waals surface area contributed by atoms with Crippen molar-refractivity contribution >= 4 is 5.91 Å². The first-order valence-electron chi connectivity index (χ1n) is 7.41. The number of ether oxygens (including phenoxy) is 1. The molecule has 3 rings (SSSR count). The molecule has 0 spiro atoms. The highest BCUT2D eigenvalue weighted by Crippen LogP contribution is 2.20. The zero-order valence-corrected chi connectivity index (χ0v) is 12.5. The normalized spacial score (nSPS) is 21.5. The number of aromatic nitrogens is 4. The lowest BCUT2D eigenvalue weighted by atomic mass is 9.93. The number of nitrogens with one attached hydrogen (secondary N) is 1. The molecule has 0 atom stereocenters. The van der Waals surface area contributed by atoms with Gasteiger partial charge in [0.1, 0.15) is 12.0 Å². The Kier molecular flexibility index (Phi) is 4.43. The minimum absolute atomic E-state index is 0.162. The summed E-state index contributed by atoms with van der Waals surface area (Å²) in [5, 5.41) is 3.04. The van der Waals surface area contributed by atoms with Crippen LogP contribution in [-0.4, -0.2) is 44.7 Å². The molecule has 0 unspecified atom stereocenters. The van der Waals surface area contributed by atoms with Crippen molar-refractivity contribution < 1.29 is 9.53 Å². The second kappa shape index (κ2) is 6.65. The van der Waals surface area contributed by atoms with Gasteiger partial charge in [-0.2, -0.15) is 0 Å². The van der Waals surface area contributed by atoms with Gasteiger partial charge in [-0.05, 0) is 31.7 Å². The van der Waals surface area contributed by atoms with Crippen LogP contribution in [0.2, 0.25) is 0 Å². The van der Waals surface area contributed by atoms with Gasteiger partial charge in [-0.25, -0.2) is 15.0 Å². The van der Waals surface area contributed by atoms with E-state index >= 15 is 0 Å². The molecule has 1 amide bonds. The second-order valence-electron chi connectivity index (χ2n) is 5.39. The van der Waals surface area contributed by atoms with Crippen molar-refractivity contribution in [2.75, 3.05) is 7.11 Å². The van der Waals surface area contributed by atoms with E-state index in [9.17, 15) is 4.79 Å². The molecule has 7 nitrogen and oxygen atoms in total. The summed E-state index contributed by atoms with van der Waals surface area (Å²) in [4.78, 5) is 24.7. The molecule has 1 saturated carbocycles. The van der Waals surface area contributed by atoms with Crippen molar-refractivity contribution in [3.8, 4) is 5.95 Å². The molecule has 0 bridgehead atoms. The number of carbonyl (C=O) groups is 1. The van der Waals surface area contributed by atoms with Crippen LogP contribution >= 0.6 is 0 Å². The predicted molar refractivity (Wildman–Crippen MR) is 79.7 cm³/mol. The van der Waals surface area contributed by atoms with Crippen molar-refractivity contribution in [2.45, 2.75) is 37.8 Å². The first-order chi connectivity index (χ1) is 10.8.